The van der Waals surface area contributed by atoms with Crippen LogP contribution in [0, 0.1) is 0 Å². The third-order valence-electron chi connectivity index (χ3n) is 5.62. The molecule has 156 valence electrons. The van der Waals surface area contributed by atoms with Gasteiger partial charge in [0.15, 0.2) is 5.82 Å². The highest BCUT2D eigenvalue weighted by Gasteiger charge is 2.38. The van der Waals surface area contributed by atoms with Crippen molar-refractivity contribution in [3.05, 3.63) is 41.8 Å². The molecule has 0 radical (unpaired) electrons. The Morgan fingerprint density at radius 3 is 2.76 bits per heavy atom. The van der Waals surface area contributed by atoms with Crippen LogP contribution in [-0.4, -0.2) is 70.6 Å². The van der Waals surface area contributed by atoms with Crippen molar-refractivity contribution in [1.29, 1.82) is 0 Å². The van der Waals surface area contributed by atoms with E-state index in [1.807, 2.05) is 6.07 Å². The lowest BCUT2D eigenvalue weighted by atomic mass is 9.85. The topological polar surface area (TPSA) is 110 Å². The normalized spacial score (nSPS) is 17.9. The first-order chi connectivity index (χ1) is 13.9. The van der Waals surface area contributed by atoms with Crippen molar-refractivity contribution in [3.8, 4) is 0 Å². The summed E-state index contributed by atoms with van der Waals surface area (Å²) in [5, 5.41) is 3.99. The summed E-state index contributed by atoms with van der Waals surface area (Å²) in [7, 11) is -3.41. The average Bonchev–Trinajstić information content (AvgIpc) is 3.03. The highest BCUT2D eigenvalue weighted by Crippen LogP contribution is 2.35. The molecule has 1 amide bonds. The fraction of sp³-hybridized carbons (Fsp3) is 0.579. The van der Waals surface area contributed by atoms with Crippen molar-refractivity contribution in [1.82, 2.24) is 24.3 Å². The molecule has 0 atom stereocenters. The molecule has 0 unspecified atom stereocenters. The van der Waals surface area contributed by atoms with E-state index in [2.05, 4.69) is 15.1 Å². The Balaban J connectivity index is 1.31. The molecule has 1 aliphatic carbocycles. The van der Waals surface area contributed by atoms with Gasteiger partial charge in [-0.15, -0.1) is 0 Å². The molecule has 2 aliphatic rings. The van der Waals surface area contributed by atoms with Gasteiger partial charge in [0.25, 0.3) is 0 Å². The van der Waals surface area contributed by atoms with Gasteiger partial charge in [-0.25, -0.2) is 8.42 Å². The number of pyridine rings is 1. The van der Waals surface area contributed by atoms with Gasteiger partial charge >= 0.3 is 0 Å². The number of hydrogen-bond donors (Lipinski definition) is 0. The highest BCUT2D eigenvalue weighted by molar-refractivity contribution is 7.88. The molecule has 1 saturated carbocycles. The summed E-state index contributed by atoms with van der Waals surface area (Å²) in [6, 6.07) is 3.43. The predicted octanol–water partition coefficient (Wildman–Crippen LogP) is 0.990. The van der Waals surface area contributed by atoms with Crippen LogP contribution in [0.1, 0.15) is 42.5 Å². The number of nitrogens with zero attached hydrogens (tertiary/aromatic N) is 5. The molecule has 3 heterocycles. The maximum atomic E-state index is 12.4. The molecule has 10 heteroatoms. The van der Waals surface area contributed by atoms with E-state index >= 15 is 0 Å². The average molecular weight is 420 g/mol. The molecule has 29 heavy (non-hydrogen) atoms. The Labute approximate surface area is 170 Å². The van der Waals surface area contributed by atoms with Crippen LogP contribution in [0.3, 0.4) is 0 Å². The molecule has 9 nitrogen and oxygen atoms in total. The lowest BCUT2D eigenvalue weighted by Crippen LogP contribution is -2.62. The van der Waals surface area contributed by atoms with Crippen LogP contribution in [0.2, 0.25) is 0 Å². The van der Waals surface area contributed by atoms with Crippen molar-refractivity contribution >= 4 is 15.9 Å². The van der Waals surface area contributed by atoms with E-state index in [1.54, 1.807) is 23.4 Å². The number of amides is 1. The smallest absolute Gasteiger partial charge is 0.229 e. The second-order valence-electron chi connectivity index (χ2n) is 7.79. The molecular weight excluding hydrogens is 394 g/mol. The largest absolute Gasteiger partial charge is 0.339 e. The van der Waals surface area contributed by atoms with E-state index in [-0.39, 0.29) is 24.9 Å². The zero-order valence-electron chi connectivity index (χ0n) is 16.4. The van der Waals surface area contributed by atoms with E-state index in [1.165, 1.54) is 17.0 Å². The molecular formula is C19H25N5O4S. The van der Waals surface area contributed by atoms with Gasteiger partial charge in [0.05, 0.1) is 18.7 Å². The van der Waals surface area contributed by atoms with Gasteiger partial charge < -0.3 is 9.42 Å². The van der Waals surface area contributed by atoms with Gasteiger partial charge in [-0.1, -0.05) is 17.6 Å². The summed E-state index contributed by atoms with van der Waals surface area (Å²) in [4.78, 5) is 22.5. The van der Waals surface area contributed by atoms with Crippen LogP contribution in [-0.2, 0) is 27.7 Å². The minimum Gasteiger partial charge on any atom is -0.339 e. The van der Waals surface area contributed by atoms with Crippen molar-refractivity contribution < 1.29 is 17.7 Å². The van der Waals surface area contributed by atoms with Crippen molar-refractivity contribution in [2.24, 2.45) is 0 Å². The van der Waals surface area contributed by atoms with Gasteiger partial charge in [0, 0.05) is 44.4 Å². The van der Waals surface area contributed by atoms with Crippen LogP contribution in [0.5, 0.6) is 0 Å². The van der Waals surface area contributed by atoms with Gasteiger partial charge in [-0.3, -0.25) is 9.78 Å². The Bertz CT molecular complexity index is 952. The number of aromatic nitrogens is 3. The SMILES string of the molecule is CS(=O)(=O)N(CCc1noc(C2CCC2)n1)C1CN(C(=O)Cc2cccnc2)C1. The Morgan fingerprint density at radius 1 is 1.34 bits per heavy atom. The standard InChI is InChI=1S/C19H25N5O4S/c1-29(26,27)24(9-7-17-21-19(28-22-17)15-5-2-6-15)16-12-23(13-16)18(25)10-14-4-3-8-20-11-14/h3-4,8,11,15-16H,2,5-7,9-10,12-13H2,1H3. The zero-order valence-corrected chi connectivity index (χ0v) is 17.2. The number of carbonyl (C=O) groups excluding carboxylic acids is 1. The maximum Gasteiger partial charge on any atom is 0.229 e. The van der Waals surface area contributed by atoms with E-state index in [4.69, 9.17) is 4.52 Å². The van der Waals surface area contributed by atoms with Crippen LogP contribution in [0.4, 0.5) is 0 Å². The molecule has 2 aromatic rings. The Kier molecular flexibility index (Phi) is 5.64. The second-order valence-corrected chi connectivity index (χ2v) is 9.73. The van der Waals surface area contributed by atoms with Crippen LogP contribution < -0.4 is 0 Å². The fourth-order valence-electron chi connectivity index (χ4n) is 3.65. The van der Waals surface area contributed by atoms with Gasteiger partial charge in [0.1, 0.15) is 0 Å². The maximum absolute atomic E-state index is 12.4. The minimum atomic E-state index is -3.41. The van der Waals surface area contributed by atoms with Gasteiger partial charge in [-0.05, 0) is 24.5 Å². The fourth-order valence-corrected chi connectivity index (χ4v) is 4.75. The molecule has 0 aromatic carbocycles. The number of hydrogen-bond acceptors (Lipinski definition) is 7. The molecule has 0 bridgehead atoms. The van der Waals surface area contributed by atoms with Crippen LogP contribution in [0.15, 0.2) is 29.0 Å². The number of carbonyl (C=O) groups is 1. The molecule has 1 aliphatic heterocycles. The summed E-state index contributed by atoms with van der Waals surface area (Å²) in [5.74, 6) is 1.52. The summed E-state index contributed by atoms with van der Waals surface area (Å²) in [6.07, 6.45) is 8.52. The van der Waals surface area contributed by atoms with Gasteiger partial charge in [-0.2, -0.15) is 9.29 Å². The Hall–Kier alpha value is -2.33. The number of likely N-dealkylation sites (tertiary alicyclic amines) is 1. The van der Waals surface area contributed by atoms with Crippen molar-refractivity contribution in [2.75, 3.05) is 25.9 Å². The minimum absolute atomic E-state index is 0.0222. The van der Waals surface area contributed by atoms with Crippen LogP contribution >= 0.6 is 0 Å². The first kappa shape index (κ1) is 20.0. The van der Waals surface area contributed by atoms with E-state index in [0.29, 0.717) is 37.1 Å². The zero-order chi connectivity index (χ0) is 20.4. The third kappa shape index (κ3) is 4.64. The second kappa shape index (κ2) is 8.19. The summed E-state index contributed by atoms with van der Waals surface area (Å²) < 4.78 is 31.3. The monoisotopic (exact) mass is 419 g/mol. The lowest BCUT2D eigenvalue weighted by Gasteiger charge is -2.44. The molecule has 1 saturated heterocycles. The molecule has 0 spiro atoms. The first-order valence-corrected chi connectivity index (χ1v) is 11.7. The predicted molar refractivity (Wildman–Crippen MR) is 104 cm³/mol. The summed E-state index contributed by atoms with van der Waals surface area (Å²) in [5.41, 5.74) is 0.847. The van der Waals surface area contributed by atoms with Crippen LogP contribution in [0.25, 0.3) is 0 Å². The molecule has 4 rings (SSSR count). The number of rotatable bonds is 8. The Morgan fingerprint density at radius 2 is 2.14 bits per heavy atom. The lowest BCUT2D eigenvalue weighted by molar-refractivity contribution is -0.136. The summed E-state index contributed by atoms with van der Waals surface area (Å²) in [6.45, 7) is 1.06. The van der Waals surface area contributed by atoms with Gasteiger partial charge in [0.2, 0.25) is 21.8 Å². The van der Waals surface area contributed by atoms with E-state index in [0.717, 1.165) is 18.4 Å². The molecule has 2 fully saturated rings. The number of sulfonamides is 1. The van der Waals surface area contributed by atoms with E-state index in [9.17, 15) is 13.2 Å². The third-order valence-corrected chi connectivity index (χ3v) is 6.95. The van der Waals surface area contributed by atoms with E-state index < -0.39 is 10.0 Å². The quantitative estimate of drug-likeness (QED) is 0.627. The van der Waals surface area contributed by atoms with Crippen molar-refractivity contribution in [3.63, 3.8) is 0 Å². The molecule has 0 N–H and O–H groups in total. The van der Waals surface area contributed by atoms with Crippen molar-refractivity contribution in [2.45, 2.75) is 44.1 Å². The highest BCUT2D eigenvalue weighted by atomic mass is 32.2. The molecule has 2 aromatic heterocycles. The summed E-state index contributed by atoms with van der Waals surface area (Å²) >= 11 is 0. The first-order valence-electron chi connectivity index (χ1n) is 9.86.